The molecule has 1 amide bonds. The van der Waals surface area contributed by atoms with Crippen molar-refractivity contribution in [3.8, 4) is 6.07 Å². The maximum absolute atomic E-state index is 12.1. The van der Waals surface area contributed by atoms with Crippen LogP contribution in [-0.4, -0.2) is 10.9 Å². The number of aromatic nitrogens is 1. The second kappa shape index (κ2) is 7.90. The van der Waals surface area contributed by atoms with Gasteiger partial charge in [-0.2, -0.15) is 5.26 Å². The van der Waals surface area contributed by atoms with Crippen molar-refractivity contribution in [2.45, 2.75) is 26.3 Å². The fourth-order valence-electron chi connectivity index (χ4n) is 2.07. The minimum atomic E-state index is -0.385. The molecule has 0 fully saturated rings. The van der Waals surface area contributed by atoms with Crippen LogP contribution in [0.1, 0.15) is 36.5 Å². The van der Waals surface area contributed by atoms with E-state index in [2.05, 4.69) is 24.1 Å². The summed E-state index contributed by atoms with van der Waals surface area (Å²) < 4.78 is 0. The summed E-state index contributed by atoms with van der Waals surface area (Å²) in [6.45, 7) is 4.59. The number of benzene rings is 1. The highest BCUT2D eigenvalue weighted by atomic mass is 16.1. The normalized spacial score (nSPS) is 11.1. The van der Waals surface area contributed by atoms with Crippen LogP contribution in [0.3, 0.4) is 0 Å². The molecule has 0 aliphatic heterocycles. The molecule has 2 rings (SSSR count). The standard InChI is InChI=1S/C19H19N3O/c1-14(2)17-7-5-15(6-8-17)10-18(11-20)19(23)22-13-16-4-3-9-21-12-16/h3-10,12,14H,13H2,1-2H3,(H,22,23). The Kier molecular flexibility index (Phi) is 5.65. The topological polar surface area (TPSA) is 65.8 Å². The molecule has 1 heterocycles. The molecule has 1 aromatic carbocycles. The first-order valence-electron chi connectivity index (χ1n) is 7.49. The molecule has 0 radical (unpaired) electrons. The van der Waals surface area contributed by atoms with Crippen LogP contribution in [0.25, 0.3) is 6.08 Å². The summed E-state index contributed by atoms with van der Waals surface area (Å²) in [6.07, 6.45) is 4.95. The van der Waals surface area contributed by atoms with E-state index in [1.54, 1.807) is 24.5 Å². The molecule has 116 valence electrons. The van der Waals surface area contributed by atoms with E-state index in [1.165, 1.54) is 5.56 Å². The Bertz CT molecular complexity index is 725. The van der Waals surface area contributed by atoms with E-state index in [4.69, 9.17) is 0 Å². The van der Waals surface area contributed by atoms with Crippen molar-refractivity contribution < 1.29 is 4.79 Å². The van der Waals surface area contributed by atoms with Crippen LogP contribution >= 0.6 is 0 Å². The Morgan fingerprint density at radius 2 is 2.04 bits per heavy atom. The van der Waals surface area contributed by atoms with Gasteiger partial charge < -0.3 is 5.32 Å². The van der Waals surface area contributed by atoms with Crippen LogP contribution < -0.4 is 5.32 Å². The van der Waals surface area contributed by atoms with Crippen molar-refractivity contribution in [2.24, 2.45) is 0 Å². The number of rotatable bonds is 5. The summed E-state index contributed by atoms with van der Waals surface area (Å²) in [5.74, 6) is 0.0653. The van der Waals surface area contributed by atoms with Crippen molar-refractivity contribution in [2.75, 3.05) is 0 Å². The van der Waals surface area contributed by atoms with Gasteiger partial charge in [0.1, 0.15) is 11.6 Å². The van der Waals surface area contributed by atoms with Gasteiger partial charge in [0.2, 0.25) is 0 Å². The molecular weight excluding hydrogens is 286 g/mol. The molecule has 23 heavy (non-hydrogen) atoms. The Morgan fingerprint density at radius 3 is 2.61 bits per heavy atom. The van der Waals surface area contributed by atoms with Crippen molar-refractivity contribution in [3.63, 3.8) is 0 Å². The minimum Gasteiger partial charge on any atom is -0.347 e. The second-order valence-corrected chi connectivity index (χ2v) is 5.54. The highest BCUT2D eigenvalue weighted by molar-refractivity contribution is 6.01. The number of carbonyl (C=O) groups is 1. The van der Waals surface area contributed by atoms with E-state index in [0.29, 0.717) is 12.5 Å². The van der Waals surface area contributed by atoms with Crippen molar-refractivity contribution in [3.05, 3.63) is 71.1 Å². The van der Waals surface area contributed by atoms with Crippen molar-refractivity contribution in [1.29, 1.82) is 5.26 Å². The number of nitrogens with zero attached hydrogens (tertiary/aromatic N) is 2. The third-order valence-electron chi connectivity index (χ3n) is 3.46. The lowest BCUT2D eigenvalue weighted by atomic mass is 10.0. The van der Waals surface area contributed by atoms with E-state index in [0.717, 1.165) is 11.1 Å². The molecular formula is C19H19N3O. The number of nitrogens with one attached hydrogen (secondary N) is 1. The van der Waals surface area contributed by atoms with Crippen molar-refractivity contribution >= 4 is 12.0 Å². The van der Waals surface area contributed by atoms with Gasteiger partial charge in [0.05, 0.1) is 0 Å². The zero-order valence-corrected chi connectivity index (χ0v) is 13.3. The van der Waals surface area contributed by atoms with Crippen LogP contribution in [-0.2, 0) is 11.3 Å². The molecule has 0 bridgehead atoms. The summed E-state index contributed by atoms with van der Waals surface area (Å²) in [7, 11) is 0. The van der Waals surface area contributed by atoms with Crippen LogP contribution in [0.15, 0.2) is 54.4 Å². The Balaban J connectivity index is 2.06. The van der Waals surface area contributed by atoms with Crippen LogP contribution in [0.5, 0.6) is 0 Å². The summed E-state index contributed by atoms with van der Waals surface area (Å²) in [6, 6.07) is 13.5. The molecule has 0 saturated carbocycles. The van der Waals surface area contributed by atoms with Gasteiger partial charge in [-0.3, -0.25) is 9.78 Å². The van der Waals surface area contributed by atoms with Gasteiger partial charge in [0.25, 0.3) is 5.91 Å². The first kappa shape index (κ1) is 16.4. The quantitative estimate of drug-likeness (QED) is 0.680. The monoisotopic (exact) mass is 305 g/mol. The van der Waals surface area contributed by atoms with Gasteiger partial charge in [-0.1, -0.05) is 44.2 Å². The Hall–Kier alpha value is -2.93. The minimum absolute atomic E-state index is 0.0891. The summed E-state index contributed by atoms with van der Waals surface area (Å²) in [4.78, 5) is 16.1. The summed E-state index contributed by atoms with van der Waals surface area (Å²) >= 11 is 0. The van der Waals surface area contributed by atoms with Gasteiger partial charge in [-0.05, 0) is 34.8 Å². The lowest BCUT2D eigenvalue weighted by Gasteiger charge is -2.06. The number of pyridine rings is 1. The second-order valence-electron chi connectivity index (χ2n) is 5.54. The highest BCUT2D eigenvalue weighted by Crippen LogP contribution is 2.16. The first-order valence-corrected chi connectivity index (χ1v) is 7.49. The van der Waals surface area contributed by atoms with E-state index in [9.17, 15) is 10.1 Å². The molecule has 0 aliphatic rings. The number of hydrogen-bond donors (Lipinski definition) is 1. The first-order chi connectivity index (χ1) is 11.1. The van der Waals surface area contributed by atoms with E-state index in [-0.39, 0.29) is 11.5 Å². The molecule has 0 aliphatic carbocycles. The predicted molar refractivity (Wildman–Crippen MR) is 90.2 cm³/mol. The van der Waals surface area contributed by atoms with E-state index < -0.39 is 0 Å². The SMILES string of the molecule is CC(C)c1ccc(C=C(C#N)C(=O)NCc2cccnc2)cc1. The lowest BCUT2D eigenvalue weighted by Crippen LogP contribution is -2.23. The van der Waals surface area contributed by atoms with E-state index in [1.807, 2.05) is 36.4 Å². The molecule has 1 aromatic heterocycles. The maximum atomic E-state index is 12.1. The molecule has 4 nitrogen and oxygen atoms in total. The maximum Gasteiger partial charge on any atom is 0.262 e. The third-order valence-corrected chi connectivity index (χ3v) is 3.46. The smallest absolute Gasteiger partial charge is 0.262 e. The lowest BCUT2D eigenvalue weighted by molar-refractivity contribution is -0.117. The Morgan fingerprint density at radius 1 is 1.30 bits per heavy atom. The van der Waals surface area contributed by atoms with Gasteiger partial charge in [0, 0.05) is 18.9 Å². The zero-order valence-electron chi connectivity index (χ0n) is 13.3. The molecule has 0 atom stereocenters. The number of carbonyl (C=O) groups excluding carboxylic acids is 1. The average Bonchev–Trinajstić information content (AvgIpc) is 2.59. The number of amides is 1. The molecule has 0 saturated heterocycles. The highest BCUT2D eigenvalue weighted by Gasteiger charge is 2.09. The summed E-state index contributed by atoms with van der Waals surface area (Å²) in [5, 5.41) is 11.9. The van der Waals surface area contributed by atoms with Gasteiger partial charge in [0.15, 0.2) is 0 Å². The fourth-order valence-corrected chi connectivity index (χ4v) is 2.07. The molecule has 4 heteroatoms. The van der Waals surface area contributed by atoms with Gasteiger partial charge in [-0.15, -0.1) is 0 Å². The predicted octanol–water partition coefficient (Wildman–Crippen LogP) is 3.43. The number of hydrogen-bond acceptors (Lipinski definition) is 3. The summed E-state index contributed by atoms with van der Waals surface area (Å²) in [5.41, 5.74) is 3.04. The average molecular weight is 305 g/mol. The molecule has 1 N–H and O–H groups in total. The van der Waals surface area contributed by atoms with Crippen LogP contribution in [0, 0.1) is 11.3 Å². The van der Waals surface area contributed by atoms with Gasteiger partial charge >= 0.3 is 0 Å². The van der Waals surface area contributed by atoms with E-state index >= 15 is 0 Å². The van der Waals surface area contributed by atoms with Crippen LogP contribution in [0.2, 0.25) is 0 Å². The molecule has 0 spiro atoms. The Labute approximate surface area is 136 Å². The number of nitriles is 1. The largest absolute Gasteiger partial charge is 0.347 e. The van der Waals surface area contributed by atoms with Crippen molar-refractivity contribution in [1.82, 2.24) is 10.3 Å². The van der Waals surface area contributed by atoms with Gasteiger partial charge in [-0.25, -0.2) is 0 Å². The third kappa shape index (κ3) is 4.79. The molecule has 2 aromatic rings. The fraction of sp³-hybridized carbons (Fsp3) is 0.211. The molecule has 0 unspecified atom stereocenters. The zero-order chi connectivity index (χ0) is 16.7. The van der Waals surface area contributed by atoms with Crippen LogP contribution in [0.4, 0.5) is 0 Å².